The van der Waals surface area contributed by atoms with Crippen molar-refractivity contribution in [2.24, 2.45) is 0 Å². The molecule has 0 aliphatic heterocycles. The van der Waals surface area contributed by atoms with Gasteiger partial charge in [-0.15, -0.1) is 0 Å². The van der Waals surface area contributed by atoms with Gasteiger partial charge in [-0.2, -0.15) is 13.2 Å². The minimum atomic E-state index is -4.47. The molecule has 0 heterocycles. The van der Waals surface area contributed by atoms with E-state index in [-0.39, 0.29) is 16.1 Å². The van der Waals surface area contributed by atoms with Crippen LogP contribution in [0.1, 0.15) is 48.0 Å². The first-order valence-electron chi connectivity index (χ1n) is 6.56. The number of amides is 1. The van der Waals surface area contributed by atoms with Crippen LogP contribution in [0, 0.1) is 0 Å². The van der Waals surface area contributed by atoms with Crippen molar-refractivity contribution in [1.82, 2.24) is 5.32 Å². The predicted octanol–water partition coefficient (Wildman–Crippen LogP) is 4.53. The molecule has 1 saturated carbocycles. The van der Waals surface area contributed by atoms with Gasteiger partial charge in [0.25, 0.3) is 5.91 Å². The van der Waals surface area contributed by atoms with E-state index >= 15 is 0 Å². The molecular formula is C14H15BrF3NO. The molecule has 0 bridgehead atoms. The molecule has 0 saturated heterocycles. The maximum atomic E-state index is 12.8. The lowest BCUT2D eigenvalue weighted by molar-refractivity contribution is -0.138. The number of carbonyl (C=O) groups excluding carboxylic acids is 1. The summed E-state index contributed by atoms with van der Waals surface area (Å²) in [5.74, 6) is -0.449. The quantitative estimate of drug-likeness (QED) is 0.834. The van der Waals surface area contributed by atoms with Crippen molar-refractivity contribution in [3.63, 3.8) is 0 Å². The summed E-state index contributed by atoms with van der Waals surface area (Å²) in [6.07, 6.45) is 0.563. The molecule has 2 nitrogen and oxygen atoms in total. The molecule has 0 aromatic heterocycles. The van der Waals surface area contributed by atoms with Crippen LogP contribution >= 0.6 is 15.9 Å². The number of nitrogens with one attached hydrogen (secondary N) is 1. The number of alkyl halides is 3. The second-order valence-corrected chi connectivity index (χ2v) is 5.77. The molecule has 0 radical (unpaired) electrons. The Morgan fingerprint density at radius 2 is 1.85 bits per heavy atom. The Hall–Kier alpha value is -1.04. The van der Waals surface area contributed by atoms with Gasteiger partial charge in [0.2, 0.25) is 0 Å². The van der Waals surface area contributed by atoms with Gasteiger partial charge in [-0.05, 0) is 40.9 Å². The summed E-state index contributed by atoms with van der Waals surface area (Å²) in [6, 6.07) is 3.68. The highest BCUT2D eigenvalue weighted by Crippen LogP contribution is 2.36. The Morgan fingerprint density at radius 3 is 2.45 bits per heavy atom. The molecular weight excluding hydrogens is 335 g/mol. The van der Waals surface area contributed by atoms with E-state index in [1.54, 1.807) is 0 Å². The largest absolute Gasteiger partial charge is 0.417 e. The molecule has 1 aliphatic rings. The van der Waals surface area contributed by atoms with Gasteiger partial charge in [0.05, 0.1) is 11.1 Å². The molecule has 1 N–H and O–H groups in total. The lowest BCUT2D eigenvalue weighted by atomic mass is 9.95. The monoisotopic (exact) mass is 349 g/mol. The second-order valence-electron chi connectivity index (χ2n) is 4.97. The number of hydrogen-bond acceptors (Lipinski definition) is 1. The molecule has 0 unspecified atom stereocenters. The summed E-state index contributed by atoms with van der Waals surface area (Å²) < 4.78 is 38.2. The van der Waals surface area contributed by atoms with Crippen LogP contribution in [-0.4, -0.2) is 11.9 Å². The molecule has 0 atom stereocenters. The van der Waals surface area contributed by atoms with Crippen LogP contribution in [0.4, 0.5) is 13.2 Å². The Labute approximate surface area is 123 Å². The highest BCUT2D eigenvalue weighted by Gasteiger charge is 2.34. The standard InChI is InChI=1S/C14H15BrF3NO/c15-12-10(7-4-8-11(12)14(16,17)18)13(20)19-9-5-2-1-3-6-9/h4,7-9H,1-3,5-6H2,(H,19,20). The van der Waals surface area contributed by atoms with Crippen LogP contribution < -0.4 is 5.32 Å². The van der Waals surface area contributed by atoms with E-state index in [4.69, 9.17) is 0 Å². The normalized spacial score (nSPS) is 17.0. The first-order valence-corrected chi connectivity index (χ1v) is 7.35. The van der Waals surface area contributed by atoms with Gasteiger partial charge in [0.15, 0.2) is 0 Å². The van der Waals surface area contributed by atoms with E-state index in [1.807, 2.05) is 0 Å². The van der Waals surface area contributed by atoms with Crippen molar-refractivity contribution >= 4 is 21.8 Å². The number of benzene rings is 1. The maximum absolute atomic E-state index is 12.8. The first-order chi connectivity index (χ1) is 9.39. The zero-order chi connectivity index (χ0) is 14.8. The van der Waals surface area contributed by atoms with Crippen molar-refractivity contribution in [3.8, 4) is 0 Å². The van der Waals surface area contributed by atoms with Gasteiger partial charge in [0.1, 0.15) is 0 Å². The number of rotatable bonds is 2. The van der Waals surface area contributed by atoms with Crippen molar-refractivity contribution < 1.29 is 18.0 Å². The van der Waals surface area contributed by atoms with E-state index < -0.39 is 17.6 Å². The summed E-state index contributed by atoms with van der Waals surface area (Å²) in [5.41, 5.74) is -0.792. The highest BCUT2D eigenvalue weighted by molar-refractivity contribution is 9.10. The second kappa shape index (κ2) is 6.16. The van der Waals surface area contributed by atoms with Gasteiger partial charge in [0, 0.05) is 10.5 Å². The van der Waals surface area contributed by atoms with E-state index in [0.717, 1.165) is 38.2 Å². The average molecular weight is 350 g/mol. The third kappa shape index (κ3) is 3.53. The first kappa shape index (κ1) is 15.4. The van der Waals surface area contributed by atoms with Gasteiger partial charge in [-0.1, -0.05) is 25.3 Å². The molecule has 1 aromatic rings. The minimum absolute atomic E-state index is 0.0328. The molecule has 1 aromatic carbocycles. The van der Waals surface area contributed by atoms with E-state index in [1.165, 1.54) is 12.1 Å². The number of halogens is 4. The van der Waals surface area contributed by atoms with Crippen LogP contribution in [0.25, 0.3) is 0 Å². The van der Waals surface area contributed by atoms with Gasteiger partial charge in [-0.3, -0.25) is 4.79 Å². The molecule has 1 aliphatic carbocycles. The zero-order valence-electron chi connectivity index (χ0n) is 10.8. The molecule has 1 amide bonds. The van der Waals surface area contributed by atoms with Crippen molar-refractivity contribution in [3.05, 3.63) is 33.8 Å². The van der Waals surface area contributed by atoms with Gasteiger partial charge < -0.3 is 5.32 Å². The summed E-state index contributed by atoms with van der Waals surface area (Å²) in [5, 5.41) is 2.82. The van der Waals surface area contributed by atoms with Crippen molar-refractivity contribution in [1.29, 1.82) is 0 Å². The Morgan fingerprint density at radius 1 is 1.20 bits per heavy atom. The molecule has 110 valence electrons. The van der Waals surface area contributed by atoms with Crippen LogP contribution in [-0.2, 0) is 6.18 Å². The third-order valence-electron chi connectivity index (χ3n) is 3.49. The fourth-order valence-corrected chi connectivity index (χ4v) is 3.11. The predicted molar refractivity (Wildman–Crippen MR) is 73.5 cm³/mol. The number of hydrogen-bond donors (Lipinski definition) is 1. The Kier molecular flexibility index (Phi) is 4.73. The molecule has 6 heteroatoms. The summed E-state index contributed by atoms with van der Waals surface area (Å²) >= 11 is 2.90. The molecule has 20 heavy (non-hydrogen) atoms. The van der Waals surface area contributed by atoms with Crippen molar-refractivity contribution in [2.45, 2.75) is 44.3 Å². The van der Waals surface area contributed by atoms with Gasteiger partial charge in [-0.25, -0.2) is 0 Å². The van der Waals surface area contributed by atoms with E-state index in [2.05, 4.69) is 21.2 Å². The summed E-state index contributed by atoms with van der Waals surface area (Å²) in [4.78, 5) is 12.1. The lowest BCUT2D eigenvalue weighted by Gasteiger charge is -2.23. The topological polar surface area (TPSA) is 29.1 Å². The Bertz CT molecular complexity index is 496. The summed E-state index contributed by atoms with van der Waals surface area (Å²) in [7, 11) is 0. The fourth-order valence-electron chi connectivity index (χ4n) is 2.44. The van der Waals surface area contributed by atoms with Crippen LogP contribution in [0.3, 0.4) is 0 Å². The van der Waals surface area contributed by atoms with Crippen molar-refractivity contribution in [2.75, 3.05) is 0 Å². The molecule has 0 spiro atoms. The highest BCUT2D eigenvalue weighted by atomic mass is 79.9. The van der Waals surface area contributed by atoms with E-state index in [9.17, 15) is 18.0 Å². The van der Waals surface area contributed by atoms with Crippen LogP contribution in [0.5, 0.6) is 0 Å². The smallest absolute Gasteiger partial charge is 0.349 e. The third-order valence-corrected chi connectivity index (χ3v) is 4.34. The van der Waals surface area contributed by atoms with Gasteiger partial charge >= 0.3 is 6.18 Å². The van der Waals surface area contributed by atoms with E-state index in [0.29, 0.717) is 0 Å². The van der Waals surface area contributed by atoms with Crippen LogP contribution in [0.2, 0.25) is 0 Å². The fraction of sp³-hybridized carbons (Fsp3) is 0.500. The summed E-state index contributed by atoms with van der Waals surface area (Å²) in [6.45, 7) is 0. The lowest BCUT2D eigenvalue weighted by Crippen LogP contribution is -2.36. The molecule has 1 fully saturated rings. The zero-order valence-corrected chi connectivity index (χ0v) is 12.4. The van der Waals surface area contributed by atoms with Crippen LogP contribution in [0.15, 0.2) is 22.7 Å². The SMILES string of the molecule is O=C(NC1CCCCC1)c1cccc(C(F)(F)F)c1Br. The number of carbonyl (C=O) groups is 1. The maximum Gasteiger partial charge on any atom is 0.417 e. The average Bonchev–Trinajstić information content (AvgIpc) is 2.38. The Balaban J connectivity index is 2.17. The molecule has 2 rings (SSSR count). The minimum Gasteiger partial charge on any atom is -0.349 e.